The molecule has 0 saturated heterocycles. The Hall–Kier alpha value is -3.28. The minimum atomic E-state index is -1.41. The number of allylic oxidation sites excluding steroid dienone is 1. The topological polar surface area (TPSA) is 84.5 Å². The Morgan fingerprint density at radius 2 is 2.08 bits per heavy atom. The molecule has 132 valence electrons. The molecule has 0 radical (unpaired) electrons. The third-order valence-corrected chi connectivity index (χ3v) is 5.00. The Balaban J connectivity index is 2.17. The van der Waals surface area contributed by atoms with Crippen molar-refractivity contribution >= 4 is 22.9 Å². The number of aromatic nitrogens is 2. The van der Waals surface area contributed by atoms with Crippen molar-refractivity contribution in [1.82, 2.24) is 9.13 Å². The van der Waals surface area contributed by atoms with E-state index in [1.54, 1.807) is 6.92 Å². The maximum absolute atomic E-state index is 12.7. The highest BCUT2D eigenvalue weighted by Crippen LogP contribution is 2.38. The minimum Gasteiger partial charge on any atom is -0.506 e. The second-order valence-electron chi connectivity index (χ2n) is 6.44. The van der Waals surface area contributed by atoms with Crippen LogP contribution in [0.2, 0.25) is 0 Å². The average molecular weight is 350 g/mol. The summed E-state index contributed by atoms with van der Waals surface area (Å²) in [6.45, 7) is 2.11. The predicted octanol–water partition coefficient (Wildman–Crippen LogP) is 3.00. The zero-order valence-electron chi connectivity index (χ0n) is 14.5. The summed E-state index contributed by atoms with van der Waals surface area (Å²) in [5, 5.41) is 20.9. The summed E-state index contributed by atoms with van der Waals surface area (Å²) in [6.07, 6.45) is 6.15. The van der Waals surface area contributed by atoms with E-state index < -0.39 is 22.8 Å². The van der Waals surface area contributed by atoms with Gasteiger partial charge in [0.05, 0.1) is 5.69 Å². The lowest BCUT2D eigenvalue weighted by Crippen LogP contribution is -2.28. The van der Waals surface area contributed by atoms with Crippen molar-refractivity contribution in [3.05, 3.63) is 57.5 Å². The molecule has 2 heterocycles. The van der Waals surface area contributed by atoms with Gasteiger partial charge in [-0.2, -0.15) is 0 Å². The molecule has 0 aliphatic heterocycles. The molecule has 26 heavy (non-hydrogen) atoms. The number of hydrogen-bond acceptors (Lipinski definition) is 3. The molecular weight excluding hydrogens is 332 g/mol. The minimum absolute atomic E-state index is 0.313. The molecule has 1 aliphatic carbocycles. The molecule has 3 aromatic rings. The van der Waals surface area contributed by atoms with Crippen LogP contribution in [0.4, 0.5) is 0 Å². The van der Waals surface area contributed by atoms with Crippen molar-refractivity contribution in [1.29, 1.82) is 0 Å². The maximum atomic E-state index is 12.7. The summed E-state index contributed by atoms with van der Waals surface area (Å²) in [5.41, 5.74) is 2.62. The number of aromatic carboxylic acids is 1. The van der Waals surface area contributed by atoms with E-state index in [9.17, 15) is 19.8 Å². The van der Waals surface area contributed by atoms with Gasteiger partial charge in [-0.25, -0.2) is 4.79 Å². The molecule has 2 N–H and O–H groups in total. The zero-order chi connectivity index (χ0) is 18.6. The van der Waals surface area contributed by atoms with E-state index >= 15 is 0 Å². The van der Waals surface area contributed by atoms with E-state index in [1.165, 1.54) is 4.57 Å². The van der Waals surface area contributed by atoms with E-state index in [0.717, 1.165) is 22.0 Å². The van der Waals surface area contributed by atoms with Gasteiger partial charge < -0.3 is 19.3 Å². The standard InChI is InChI=1S/C20H18N2O4/c1-3-22-17-13(18(23)16(19(22)24)20(25)26)6-4-5-11-10-15-12(9-14(11)17)7-8-21(15)2/h4-5,7-10,23H,3,6H2,1-2H3,(H,25,26). The summed E-state index contributed by atoms with van der Waals surface area (Å²) in [7, 11) is 1.97. The van der Waals surface area contributed by atoms with E-state index in [-0.39, 0.29) is 0 Å². The number of benzene rings is 1. The van der Waals surface area contributed by atoms with E-state index in [4.69, 9.17) is 0 Å². The molecule has 0 amide bonds. The van der Waals surface area contributed by atoms with Gasteiger partial charge in [-0.05, 0) is 37.1 Å². The fourth-order valence-electron chi connectivity index (χ4n) is 3.74. The van der Waals surface area contributed by atoms with Gasteiger partial charge in [0.1, 0.15) is 5.75 Å². The number of carboxylic acid groups (broad SMARTS) is 1. The molecule has 0 bridgehead atoms. The first kappa shape index (κ1) is 16.2. The van der Waals surface area contributed by atoms with Crippen molar-refractivity contribution in [3.63, 3.8) is 0 Å². The van der Waals surface area contributed by atoms with Gasteiger partial charge in [0.25, 0.3) is 5.56 Å². The summed E-state index contributed by atoms with van der Waals surface area (Å²) >= 11 is 0. The van der Waals surface area contributed by atoms with E-state index in [0.29, 0.717) is 24.2 Å². The number of carboxylic acids is 1. The molecule has 0 fully saturated rings. The van der Waals surface area contributed by atoms with Crippen LogP contribution in [0.15, 0.2) is 35.3 Å². The number of fused-ring (bicyclic) bond motifs is 4. The fraction of sp³-hybridized carbons (Fsp3) is 0.200. The summed E-state index contributed by atoms with van der Waals surface area (Å²) in [6, 6.07) is 6.03. The number of hydrogen-bond donors (Lipinski definition) is 2. The van der Waals surface area contributed by atoms with Crippen LogP contribution in [-0.4, -0.2) is 25.3 Å². The van der Waals surface area contributed by atoms with Crippen molar-refractivity contribution in [2.75, 3.05) is 0 Å². The smallest absolute Gasteiger partial charge is 0.345 e. The Morgan fingerprint density at radius 3 is 2.77 bits per heavy atom. The second-order valence-corrected chi connectivity index (χ2v) is 6.44. The first-order valence-corrected chi connectivity index (χ1v) is 8.42. The van der Waals surface area contributed by atoms with Crippen LogP contribution < -0.4 is 5.56 Å². The molecule has 0 atom stereocenters. The van der Waals surface area contributed by atoms with Gasteiger partial charge in [0.2, 0.25) is 0 Å². The molecular formula is C20H18N2O4. The van der Waals surface area contributed by atoms with Crippen molar-refractivity contribution in [3.8, 4) is 17.0 Å². The molecule has 0 saturated carbocycles. The number of pyridine rings is 1. The van der Waals surface area contributed by atoms with Gasteiger partial charge in [0, 0.05) is 41.8 Å². The highest BCUT2D eigenvalue weighted by molar-refractivity contribution is 5.95. The Labute approximate surface area is 149 Å². The normalized spacial score (nSPS) is 12.7. The van der Waals surface area contributed by atoms with Crippen molar-refractivity contribution < 1.29 is 15.0 Å². The lowest BCUT2D eigenvalue weighted by Gasteiger charge is -2.19. The third kappa shape index (κ3) is 2.12. The van der Waals surface area contributed by atoms with Crippen LogP contribution in [0.5, 0.6) is 5.75 Å². The van der Waals surface area contributed by atoms with Gasteiger partial charge in [-0.3, -0.25) is 4.79 Å². The van der Waals surface area contributed by atoms with Gasteiger partial charge in [-0.1, -0.05) is 12.2 Å². The zero-order valence-corrected chi connectivity index (χ0v) is 14.5. The van der Waals surface area contributed by atoms with Crippen LogP contribution >= 0.6 is 0 Å². The number of aryl methyl sites for hydroxylation is 1. The van der Waals surface area contributed by atoms with Gasteiger partial charge in [0.15, 0.2) is 5.56 Å². The van der Waals surface area contributed by atoms with E-state index in [2.05, 4.69) is 0 Å². The quantitative estimate of drug-likeness (QED) is 0.744. The fourth-order valence-corrected chi connectivity index (χ4v) is 3.74. The molecule has 1 aliphatic rings. The number of rotatable bonds is 2. The molecule has 0 unspecified atom stereocenters. The van der Waals surface area contributed by atoms with Crippen LogP contribution in [-0.2, 0) is 20.0 Å². The molecule has 6 nitrogen and oxygen atoms in total. The van der Waals surface area contributed by atoms with Crippen molar-refractivity contribution in [2.24, 2.45) is 7.05 Å². The Kier molecular flexibility index (Phi) is 3.50. The predicted molar refractivity (Wildman–Crippen MR) is 99.7 cm³/mol. The third-order valence-electron chi connectivity index (χ3n) is 5.00. The molecule has 0 spiro atoms. The first-order chi connectivity index (χ1) is 12.4. The summed E-state index contributed by atoms with van der Waals surface area (Å²) in [5.74, 6) is -1.85. The maximum Gasteiger partial charge on any atom is 0.345 e. The van der Waals surface area contributed by atoms with Crippen LogP contribution in [0, 0.1) is 0 Å². The Bertz CT molecular complexity index is 1160. The van der Waals surface area contributed by atoms with Gasteiger partial charge in [-0.15, -0.1) is 0 Å². The highest BCUT2D eigenvalue weighted by Gasteiger charge is 2.27. The SMILES string of the molecule is CCn1c2c(c(O)c(C(=O)O)c1=O)CC=Cc1cc3c(ccn3C)cc1-2. The second kappa shape index (κ2) is 5.62. The monoisotopic (exact) mass is 350 g/mol. The van der Waals surface area contributed by atoms with Crippen LogP contribution in [0.25, 0.3) is 28.2 Å². The summed E-state index contributed by atoms with van der Waals surface area (Å²) in [4.78, 5) is 24.2. The lowest BCUT2D eigenvalue weighted by molar-refractivity contribution is 0.0690. The summed E-state index contributed by atoms with van der Waals surface area (Å²) < 4.78 is 3.46. The van der Waals surface area contributed by atoms with Gasteiger partial charge >= 0.3 is 5.97 Å². The van der Waals surface area contributed by atoms with Crippen LogP contribution in [0.3, 0.4) is 0 Å². The molecule has 6 heteroatoms. The molecule has 4 rings (SSSR count). The Morgan fingerprint density at radius 1 is 1.31 bits per heavy atom. The highest BCUT2D eigenvalue weighted by atomic mass is 16.4. The average Bonchev–Trinajstić information content (AvgIpc) is 2.84. The van der Waals surface area contributed by atoms with E-state index in [1.807, 2.05) is 48.2 Å². The molecule has 1 aromatic carbocycles. The lowest BCUT2D eigenvalue weighted by atomic mass is 9.97. The number of carbonyl (C=O) groups is 1. The molecule has 2 aromatic heterocycles. The first-order valence-electron chi connectivity index (χ1n) is 8.42. The number of nitrogens with zero attached hydrogens (tertiary/aromatic N) is 2. The largest absolute Gasteiger partial charge is 0.506 e. The van der Waals surface area contributed by atoms with Crippen LogP contribution in [0.1, 0.15) is 28.4 Å². The number of aromatic hydroxyl groups is 1. The van der Waals surface area contributed by atoms with Crippen molar-refractivity contribution in [2.45, 2.75) is 19.9 Å².